The van der Waals surface area contributed by atoms with Crippen LogP contribution in [0.4, 0.5) is 13.6 Å². The van der Waals surface area contributed by atoms with Gasteiger partial charge in [0.15, 0.2) is 0 Å². The normalized spacial score (nSPS) is 34.3. The number of rotatable bonds is 7. The van der Waals surface area contributed by atoms with E-state index in [2.05, 4.69) is 10.6 Å². The first-order chi connectivity index (χ1) is 16.3. The van der Waals surface area contributed by atoms with Crippen molar-refractivity contribution in [2.75, 3.05) is 0 Å². The summed E-state index contributed by atoms with van der Waals surface area (Å²) < 4.78 is 40.0. The van der Waals surface area contributed by atoms with E-state index in [9.17, 15) is 13.6 Å². The van der Waals surface area contributed by atoms with Gasteiger partial charge in [-0.15, -0.1) is 0 Å². The number of benzene rings is 1. The van der Waals surface area contributed by atoms with Crippen LogP contribution in [0.25, 0.3) is 0 Å². The third-order valence-electron chi connectivity index (χ3n) is 8.38. The first-order valence-electron chi connectivity index (χ1n) is 13.1. The molecule has 1 aromatic carbocycles. The lowest BCUT2D eigenvalue weighted by atomic mass is 9.53. The summed E-state index contributed by atoms with van der Waals surface area (Å²) in [5.74, 6) is 1.29. The van der Waals surface area contributed by atoms with E-state index in [4.69, 9.17) is 9.47 Å². The molecule has 5 nitrogen and oxygen atoms in total. The molecule has 34 heavy (non-hydrogen) atoms. The van der Waals surface area contributed by atoms with Crippen molar-refractivity contribution in [1.82, 2.24) is 10.6 Å². The van der Waals surface area contributed by atoms with E-state index in [0.29, 0.717) is 0 Å². The zero-order valence-electron chi connectivity index (χ0n) is 20.4. The van der Waals surface area contributed by atoms with E-state index in [1.807, 2.05) is 13.8 Å². The molecule has 2 amide bonds. The third-order valence-corrected chi connectivity index (χ3v) is 8.38. The summed E-state index contributed by atoms with van der Waals surface area (Å²) in [5.41, 5.74) is -0.0467. The second kappa shape index (κ2) is 9.63. The smallest absolute Gasteiger partial charge is 0.315 e. The molecule has 5 fully saturated rings. The fourth-order valence-corrected chi connectivity index (χ4v) is 7.36. The summed E-state index contributed by atoms with van der Waals surface area (Å²) in [7, 11) is 0. The molecule has 7 heteroatoms. The molecule has 2 N–H and O–H groups in total. The monoisotopic (exact) mass is 476 g/mol. The van der Waals surface area contributed by atoms with Crippen molar-refractivity contribution in [3.05, 3.63) is 29.3 Å². The van der Waals surface area contributed by atoms with Crippen LogP contribution in [-0.4, -0.2) is 29.8 Å². The fourth-order valence-electron chi connectivity index (χ4n) is 7.36. The van der Waals surface area contributed by atoms with Gasteiger partial charge in [-0.05, 0) is 95.8 Å². The number of urea groups is 1. The summed E-state index contributed by atoms with van der Waals surface area (Å²) >= 11 is 0. The minimum atomic E-state index is -0.646. The van der Waals surface area contributed by atoms with Crippen LogP contribution in [0.1, 0.15) is 83.6 Å². The Hall–Kier alpha value is -1.89. The number of nitrogens with one attached hydrogen (secondary N) is 2. The molecule has 0 atom stereocenters. The second-order valence-electron chi connectivity index (χ2n) is 11.6. The summed E-state index contributed by atoms with van der Waals surface area (Å²) in [6.07, 6.45) is 10.4. The van der Waals surface area contributed by atoms with Gasteiger partial charge in [0.05, 0.1) is 18.8 Å². The second-order valence-corrected chi connectivity index (χ2v) is 11.6. The number of carbonyl (C=O) groups is 1. The Morgan fingerprint density at radius 2 is 1.56 bits per heavy atom. The van der Waals surface area contributed by atoms with E-state index in [1.165, 1.54) is 31.4 Å². The maximum atomic E-state index is 14.4. The van der Waals surface area contributed by atoms with Crippen LogP contribution in [0.3, 0.4) is 0 Å². The minimum Gasteiger partial charge on any atom is -0.491 e. The first kappa shape index (κ1) is 23.8. The van der Waals surface area contributed by atoms with Crippen LogP contribution in [0.15, 0.2) is 12.1 Å². The average molecular weight is 477 g/mol. The minimum absolute atomic E-state index is 0.0169. The Kier molecular flexibility index (Phi) is 6.75. The zero-order valence-corrected chi connectivity index (χ0v) is 20.4. The van der Waals surface area contributed by atoms with Crippen LogP contribution in [0.5, 0.6) is 5.75 Å². The number of hydrogen-bond donors (Lipinski definition) is 2. The molecule has 0 aliphatic heterocycles. The van der Waals surface area contributed by atoms with Crippen molar-refractivity contribution in [3.63, 3.8) is 0 Å². The highest BCUT2D eigenvalue weighted by molar-refractivity contribution is 5.75. The van der Waals surface area contributed by atoms with Crippen molar-refractivity contribution in [2.24, 2.45) is 17.8 Å². The van der Waals surface area contributed by atoms with Crippen LogP contribution >= 0.6 is 0 Å². The molecule has 5 aliphatic rings. The average Bonchev–Trinajstić information content (AvgIpc) is 2.72. The summed E-state index contributed by atoms with van der Waals surface area (Å²) in [6.45, 7) is 3.52. The van der Waals surface area contributed by atoms with Gasteiger partial charge in [0, 0.05) is 29.3 Å². The molecule has 5 aliphatic carbocycles. The first-order valence-corrected chi connectivity index (χ1v) is 13.1. The number of halogens is 2. The largest absolute Gasteiger partial charge is 0.491 e. The van der Waals surface area contributed by atoms with Gasteiger partial charge in [-0.2, -0.15) is 0 Å². The van der Waals surface area contributed by atoms with Crippen LogP contribution in [0.2, 0.25) is 0 Å². The van der Waals surface area contributed by atoms with Gasteiger partial charge in [0.25, 0.3) is 0 Å². The zero-order chi connectivity index (χ0) is 23.9. The molecule has 4 bridgehead atoms. The van der Waals surface area contributed by atoms with E-state index < -0.39 is 11.6 Å². The maximum absolute atomic E-state index is 14.4. The lowest BCUT2D eigenvalue weighted by Gasteiger charge is -2.56. The Bertz CT molecular complexity index is 840. The van der Waals surface area contributed by atoms with Crippen molar-refractivity contribution < 1.29 is 23.0 Å². The standard InChI is InChI=1S/C27H38F2N2O3/c1-16(2)34-22-10-24(28)23(25(29)11-22)15-33-21-5-3-20(4-6-21)30-26(32)31-27-12-17-7-18(13-27)9-19(8-17)14-27/h10-11,16-21H,3-9,12-15H2,1-2H3,(H2,30,31,32)/t17?,18?,19?,20-,21+,27?. The molecule has 188 valence electrons. The molecular weight excluding hydrogens is 438 g/mol. The highest BCUT2D eigenvalue weighted by Crippen LogP contribution is 2.55. The van der Waals surface area contributed by atoms with Gasteiger partial charge in [-0.25, -0.2) is 13.6 Å². The predicted octanol–water partition coefficient (Wildman–Crippen LogP) is 5.85. The van der Waals surface area contributed by atoms with Gasteiger partial charge in [0.2, 0.25) is 0 Å². The molecule has 5 saturated carbocycles. The molecule has 0 heterocycles. The summed E-state index contributed by atoms with van der Waals surface area (Å²) in [6, 6.07) is 2.52. The van der Waals surface area contributed by atoms with E-state index in [-0.39, 0.29) is 47.7 Å². The lowest BCUT2D eigenvalue weighted by Crippen LogP contribution is -2.62. The quantitative estimate of drug-likeness (QED) is 0.519. The Labute approximate surface area is 201 Å². The highest BCUT2D eigenvalue weighted by atomic mass is 19.1. The maximum Gasteiger partial charge on any atom is 0.315 e. The van der Waals surface area contributed by atoms with Gasteiger partial charge in [-0.1, -0.05) is 0 Å². The summed E-state index contributed by atoms with van der Waals surface area (Å²) in [5, 5.41) is 6.57. The number of carbonyl (C=O) groups excluding carboxylic acids is 1. The predicted molar refractivity (Wildman–Crippen MR) is 126 cm³/mol. The number of amides is 2. The Morgan fingerprint density at radius 1 is 1.00 bits per heavy atom. The van der Waals surface area contributed by atoms with Crippen LogP contribution in [0, 0.1) is 29.4 Å². The Morgan fingerprint density at radius 3 is 2.09 bits per heavy atom. The topological polar surface area (TPSA) is 59.6 Å². The molecular formula is C27H38F2N2O3. The summed E-state index contributed by atoms with van der Waals surface area (Å²) in [4.78, 5) is 12.8. The van der Waals surface area contributed by atoms with Crippen molar-refractivity contribution in [3.8, 4) is 5.75 Å². The van der Waals surface area contributed by atoms with Crippen molar-refractivity contribution >= 4 is 6.03 Å². The fraction of sp³-hybridized carbons (Fsp3) is 0.741. The SMILES string of the molecule is CC(C)Oc1cc(F)c(CO[C@H]2CC[C@@H](NC(=O)NC34CC5CC(CC(C5)C3)C4)CC2)c(F)c1. The van der Waals surface area contributed by atoms with E-state index >= 15 is 0 Å². The number of ether oxygens (including phenoxy) is 2. The van der Waals surface area contributed by atoms with E-state index in [1.54, 1.807) is 0 Å². The molecule has 0 unspecified atom stereocenters. The highest BCUT2D eigenvalue weighted by Gasteiger charge is 2.51. The van der Waals surface area contributed by atoms with Gasteiger partial charge >= 0.3 is 6.03 Å². The molecule has 0 radical (unpaired) electrons. The van der Waals surface area contributed by atoms with Crippen LogP contribution in [-0.2, 0) is 11.3 Å². The van der Waals surface area contributed by atoms with Gasteiger partial charge in [-0.3, -0.25) is 0 Å². The lowest BCUT2D eigenvalue weighted by molar-refractivity contribution is -0.0142. The molecule has 0 aromatic heterocycles. The van der Waals surface area contributed by atoms with E-state index in [0.717, 1.165) is 62.7 Å². The van der Waals surface area contributed by atoms with Crippen molar-refractivity contribution in [2.45, 2.75) is 108 Å². The molecule has 6 rings (SSSR count). The molecule has 1 aromatic rings. The number of hydrogen-bond acceptors (Lipinski definition) is 3. The molecule has 0 saturated heterocycles. The third kappa shape index (κ3) is 5.34. The van der Waals surface area contributed by atoms with Crippen molar-refractivity contribution in [1.29, 1.82) is 0 Å². The molecule has 0 spiro atoms. The Balaban J connectivity index is 1.06. The van der Waals surface area contributed by atoms with Gasteiger partial charge in [0.1, 0.15) is 17.4 Å². The van der Waals surface area contributed by atoms with Gasteiger partial charge < -0.3 is 20.1 Å². The van der Waals surface area contributed by atoms with Crippen LogP contribution < -0.4 is 15.4 Å².